The quantitative estimate of drug-likeness (QED) is 0.421. The van der Waals surface area contributed by atoms with E-state index in [2.05, 4.69) is 23.3 Å². The van der Waals surface area contributed by atoms with E-state index in [-0.39, 0.29) is 24.0 Å². The summed E-state index contributed by atoms with van der Waals surface area (Å²) in [7, 11) is 0. The first-order chi connectivity index (χ1) is 16.9. The molecule has 2 heterocycles. The molecule has 0 spiro atoms. The standard InChI is InChI=1S/C28H43ClN2O4S/c1-7-9-21-26(34)18(3)11-8-10-17(2)12-13-23(22(29)14-20-16-36-19(4)30-20)31-25(33)15-24(32)28(5,6)27(21)35/h12,14,16,18,21,23-24,26,32,34H,7-11,13,15H2,1-6H3,(H,31,33)/b17-12-,22-14-/t18-,21+,23-,24-,26-/m0/s1. The number of aryl methyl sites for hydroxylation is 1. The summed E-state index contributed by atoms with van der Waals surface area (Å²) >= 11 is 8.19. The van der Waals surface area contributed by atoms with Crippen LogP contribution in [-0.2, 0) is 9.59 Å². The summed E-state index contributed by atoms with van der Waals surface area (Å²) < 4.78 is 0. The van der Waals surface area contributed by atoms with E-state index in [0.29, 0.717) is 17.9 Å². The Balaban J connectivity index is 2.36. The van der Waals surface area contributed by atoms with Crippen LogP contribution in [0, 0.1) is 24.2 Å². The average molecular weight is 539 g/mol. The van der Waals surface area contributed by atoms with Crippen molar-refractivity contribution in [3.63, 3.8) is 0 Å². The highest BCUT2D eigenvalue weighted by Crippen LogP contribution is 2.34. The number of hydrogen-bond donors (Lipinski definition) is 3. The molecule has 8 heteroatoms. The summed E-state index contributed by atoms with van der Waals surface area (Å²) in [5.74, 6) is -1.20. The number of ketones is 1. The van der Waals surface area contributed by atoms with Gasteiger partial charge in [-0.05, 0) is 57.9 Å². The molecule has 5 atom stereocenters. The molecule has 1 aromatic heterocycles. The topological polar surface area (TPSA) is 99.5 Å². The number of aliphatic hydroxyl groups excluding tert-OH is 2. The van der Waals surface area contributed by atoms with E-state index < -0.39 is 29.6 Å². The van der Waals surface area contributed by atoms with Crippen molar-refractivity contribution in [1.82, 2.24) is 10.3 Å². The Labute approximate surface area is 225 Å². The van der Waals surface area contributed by atoms with Gasteiger partial charge in [-0.2, -0.15) is 0 Å². The number of allylic oxidation sites excluding steroid dienone is 1. The molecule has 36 heavy (non-hydrogen) atoms. The molecule has 1 amide bonds. The second-order valence-electron chi connectivity index (χ2n) is 10.8. The maximum atomic E-state index is 13.6. The minimum Gasteiger partial charge on any atom is -0.392 e. The smallest absolute Gasteiger partial charge is 0.223 e. The Hall–Kier alpha value is -1.54. The van der Waals surface area contributed by atoms with E-state index in [1.54, 1.807) is 19.9 Å². The molecule has 0 aromatic carbocycles. The van der Waals surface area contributed by atoms with E-state index in [1.165, 1.54) is 16.9 Å². The van der Waals surface area contributed by atoms with Crippen molar-refractivity contribution in [2.75, 3.05) is 0 Å². The van der Waals surface area contributed by atoms with E-state index in [1.807, 2.05) is 26.2 Å². The largest absolute Gasteiger partial charge is 0.392 e. The first kappa shape index (κ1) is 30.7. The number of nitrogens with zero attached hydrogens (tertiary/aromatic N) is 1. The second kappa shape index (κ2) is 13.8. The SMILES string of the molecule is CCC[C@H]1C(=O)C(C)(C)[C@@H](O)CC(=O)N[C@H](/C(Cl)=C/c2csc(C)n2)C/C=C(/C)CCC[C@H](C)[C@@H]1O. The first-order valence-corrected chi connectivity index (χ1v) is 14.3. The minimum absolute atomic E-state index is 0.0471. The number of Topliss-reactive ketones (excluding diaryl/α,β-unsaturated/α-hetero) is 1. The number of hydrogen-bond acceptors (Lipinski definition) is 6. The summed E-state index contributed by atoms with van der Waals surface area (Å²) in [5, 5.41) is 28.3. The molecule has 6 nitrogen and oxygen atoms in total. The number of amides is 1. The van der Waals surface area contributed by atoms with Crippen LogP contribution in [0.4, 0.5) is 0 Å². The van der Waals surface area contributed by atoms with E-state index in [4.69, 9.17) is 11.6 Å². The molecule has 0 saturated carbocycles. The highest BCUT2D eigenvalue weighted by Gasteiger charge is 2.43. The number of aromatic nitrogens is 1. The molecule has 0 unspecified atom stereocenters. The molecule has 202 valence electrons. The zero-order valence-corrected chi connectivity index (χ0v) is 24.1. The van der Waals surface area contributed by atoms with Crippen molar-refractivity contribution in [1.29, 1.82) is 0 Å². The summed E-state index contributed by atoms with van der Waals surface area (Å²) in [6.07, 6.45) is 5.99. The van der Waals surface area contributed by atoms with E-state index in [9.17, 15) is 19.8 Å². The predicted molar refractivity (Wildman–Crippen MR) is 148 cm³/mol. The van der Waals surface area contributed by atoms with Crippen molar-refractivity contribution in [3.05, 3.63) is 32.8 Å². The van der Waals surface area contributed by atoms with Gasteiger partial charge in [-0.25, -0.2) is 4.98 Å². The molecule has 1 aliphatic rings. The summed E-state index contributed by atoms with van der Waals surface area (Å²) in [6, 6.07) is -0.469. The highest BCUT2D eigenvalue weighted by molar-refractivity contribution is 7.09. The molecule has 0 saturated heterocycles. The number of aliphatic hydroxyl groups is 2. The number of carbonyl (C=O) groups is 2. The average Bonchev–Trinajstić information content (AvgIpc) is 3.22. The summed E-state index contributed by atoms with van der Waals surface area (Å²) in [4.78, 5) is 31.0. The van der Waals surface area contributed by atoms with Gasteiger partial charge in [0.2, 0.25) is 5.91 Å². The van der Waals surface area contributed by atoms with Crippen molar-refractivity contribution in [2.24, 2.45) is 17.3 Å². The van der Waals surface area contributed by atoms with Gasteiger partial charge in [0.05, 0.1) is 40.8 Å². The fourth-order valence-electron chi connectivity index (χ4n) is 4.71. The molecule has 0 aliphatic carbocycles. The van der Waals surface area contributed by atoms with Crippen LogP contribution in [0.1, 0.15) is 90.3 Å². The third-order valence-electron chi connectivity index (χ3n) is 7.30. The van der Waals surface area contributed by atoms with Crippen LogP contribution in [0.5, 0.6) is 0 Å². The number of rotatable bonds is 4. The lowest BCUT2D eigenvalue weighted by Gasteiger charge is -2.36. The van der Waals surface area contributed by atoms with Crippen LogP contribution in [-0.4, -0.2) is 45.1 Å². The molecule has 3 N–H and O–H groups in total. The van der Waals surface area contributed by atoms with Crippen LogP contribution < -0.4 is 5.32 Å². The van der Waals surface area contributed by atoms with Gasteiger partial charge in [-0.1, -0.05) is 57.4 Å². The molecular weight excluding hydrogens is 496 g/mol. The van der Waals surface area contributed by atoms with Gasteiger partial charge in [0, 0.05) is 16.3 Å². The second-order valence-corrected chi connectivity index (χ2v) is 12.3. The Morgan fingerprint density at radius 3 is 2.61 bits per heavy atom. The Kier molecular flexibility index (Phi) is 11.8. The third-order valence-corrected chi connectivity index (χ3v) is 8.47. The highest BCUT2D eigenvalue weighted by atomic mass is 35.5. The van der Waals surface area contributed by atoms with E-state index >= 15 is 0 Å². The van der Waals surface area contributed by atoms with Gasteiger partial charge in [-0.15, -0.1) is 11.3 Å². The van der Waals surface area contributed by atoms with Gasteiger partial charge >= 0.3 is 0 Å². The Bertz CT molecular complexity index is 955. The fraction of sp³-hybridized carbons (Fsp3) is 0.679. The van der Waals surface area contributed by atoms with Crippen LogP contribution in [0.3, 0.4) is 0 Å². The minimum atomic E-state index is -1.19. The van der Waals surface area contributed by atoms with Crippen LogP contribution in [0.2, 0.25) is 0 Å². The number of nitrogens with one attached hydrogen (secondary N) is 1. The number of halogens is 1. The lowest BCUT2D eigenvalue weighted by molar-refractivity contribution is -0.144. The zero-order valence-electron chi connectivity index (χ0n) is 22.5. The van der Waals surface area contributed by atoms with Crippen LogP contribution in [0.15, 0.2) is 22.1 Å². The van der Waals surface area contributed by atoms with Gasteiger partial charge in [0.1, 0.15) is 5.78 Å². The molecule has 0 bridgehead atoms. The monoisotopic (exact) mass is 538 g/mol. The summed E-state index contributed by atoms with van der Waals surface area (Å²) in [6.45, 7) is 11.3. The molecule has 1 aromatic rings. The predicted octanol–water partition coefficient (Wildman–Crippen LogP) is 5.80. The van der Waals surface area contributed by atoms with Crippen molar-refractivity contribution < 1.29 is 19.8 Å². The zero-order chi connectivity index (χ0) is 27.0. The maximum absolute atomic E-state index is 13.6. The Morgan fingerprint density at radius 1 is 1.31 bits per heavy atom. The molecule has 0 fully saturated rings. The Morgan fingerprint density at radius 2 is 2.00 bits per heavy atom. The first-order valence-electron chi connectivity index (χ1n) is 13.0. The van der Waals surface area contributed by atoms with Gasteiger partial charge in [0.15, 0.2) is 0 Å². The van der Waals surface area contributed by atoms with Gasteiger partial charge < -0.3 is 15.5 Å². The third kappa shape index (κ3) is 8.51. The van der Waals surface area contributed by atoms with Gasteiger partial charge in [0.25, 0.3) is 0 Å². The van der Waals surface area contributed by atoms with Crippen LogP contribution >= 0.6 is 22.9 Å². The van der Waals surface area contributed by atoms with Crippen molar-refractivity contribution >= 4 is 40.7 Å². The fourth-order valence-corrected chi connectivity index (χ4v) is 5.54. The van der Waals surface area contributed by atoms with Crippen molar-refractivity contribution in [2.45, 2.75) is 105 Å². The molecule has 0 radical (unpaired) electrons. The lowest BCUT2D eigenvalue weighted by atomic mass is 9.71. The lowest BCUT2D eigenvalue weighted by Crippen LogP contribution is -2.48. The molecule has 1 aliphatic heterocycles. The maximum Gasteiger partial charge on any atom is 0.223 e. The molecule has 2 rings (SSSR count). The van der Waals surface area contributed by atoms with Crippen molar-refractivity contribution in [3.8, 4) is 0 Å². The van der Waals surface area contributed by atoms with Gasteiger partial charge in [-0.3, -0.25) is 9.59 Å². The van der Waals surface area contributed by atoms with E-state index in [0.717, 1.165) is 36.4 Å². The number of thiazole rings is 1. The summed E-state index contributed by atoms with van der Waals surface area (Å²) in [5.41, 5.74) is 0.740. The van der Waals surface area contributed by atoms with Crippen LogP contribution in [0.25, 0.3) is 6.08 Å². The molecular formula is C28H43ClN2O4S. The normalized spacial score (nSPS) is 31.0. The number of carbonyl (C=O) groups excluding carboxylic acids is 2.